The van der Waals surface area contributed by atoms with Crippen molar-refractivity contribution in [2.75, 3.05) is 26.9 Å². The van der Waals surface area contributed by atoms with Gasteiger partial charge in [0.25, 0.3) is 0 Å². The molecule has 104 valence electrons. The number of methoxy groups -OCH3 is 1. The van der Waals surface area contributed by atoms with Gasteiger partial charge in [0.05, 0.1) is 6.61 Å². The van der Waals surface area contributed by atoms with Gasteiger partial charge in [0.2, 0.25) is 0 Å². The largest absolute Gasteiger partial charge is 0.411 e. The number of nitrogens with zero attached hydrogens (tertiary/aromatic N) is 1. The standard InChI is InChI=1S/C11H17F3N2O2/c1-17-5-3-15-6-10-2-4-16(7-10)9-18-8-11(12,13)14/h2,4,7,15H,3,5-6,8-9H2,1H3. The van der Waals surface area contributed by atoms with Gasteiger partial charge in [-0.25, -0.2) is 0 Å². The van der Waals surface area contributed by atoms with Gasteiger partial charge in [-0.1, -0.05) is 0 Å². The van der Waals surface area contributed by atoms with E-state index >= 15 is 0 Å². The third-order valence-electron chi connectivity index (χ3n) is 2.13. The molecule has 0 aliphatic rings. The highest BCUT2D eigenvalue weighted by Gasteiger charge is 2.27. The second kappa shape index (κ2) is 7.40. The van der Waals surface area contributed by atoms with Gasteiger partial charge < -0.3 is 19.4 Å². The minimum Gasteiger partial charge on any atom is -0.383 e. The molecule has 0 radical (unpaired) electrons. The molecule has 1 heterocycles. The van der Waals surface area contributed by atoms with Gasteiger partial charge in [0.15, 0.2) is 0 Å². The Kier molecular flexibility index (Phi) is 6.17. The fourth-order valence-electron chi connectivity index (χ4n) is 1.35. The van der Waals surface area contributed by atoms with Crippen LogP contribution in [0.5, 0.6) is 0 Å². The Morgan fingerprint density at radius 3 is 2.83 bits per heavy atom. The molecule has 1 N–H and O–H groups in total. The molecule has 18 heavy (non-hydrogen) atoms. The summed E-state index contributed by atoms with van der Waals surface area (Å²) >= 11 is 0. The predicted molar refractivity (Wildman–Crippen MR) is 60.0 cm³/mol. The van der Waals surface area contributed by atoms with Gasteiger partial charge in [-0.3, -0.25) is 0 Å². The van der Waals surface area contributed by atoms with Crippen molar-refractivity contribution in [2.24, 2.45) is 0 Å². The Morgan fingerprint density at radius 2 is 2.17 bits per heavy atom. The maximum Gasteiger partial charge on any atom is 0.411 e. The van der Waals surface area contributed by atoms with Crippen LogP contribution in [0.15, 0.2) is 18.5 Å². The first-order valence-corrected chi connectivity index (χ1v) is 5.50. The average Bonchev–Trinajstić information content (AvgIpc) is 2.71. The summed E-state index contributed by atoms with van der Waals surface area (Å²) in [6.07, 6.45) is -0.850. The molecule has 0 atom stereocenters. The maximum absolute atomic E-state index is 11.8. The summed E-state index contributed by atoms with van der Waals surface area (Å²) in [6.45, 7) is 0.668. The van der Waals surface area contributed by atoms with Crippen LogP contribution in [-0.4, -0.2) is 37.6 Å². The van der Waals surface area contributed by atoms with Crippen molar-refractivity contribution in [3.63, 3.8) is 0 Å². The van der Waals surface area contributed by atoms with Crippen molar-refractivity contribution < 1.29 is 22.6 Å². The number of nitrogens with one attached hydrogen (secondary N) is 1. The normalized spacial score (nSPS) is 12.0. The second-order valence-electron chi connectivity index (χ2n) is 3.80. The van der Waals surface area contributed by atoms with Crippen LogP contribution in [0, 0.1) is 0 Å². The molecule has 0 amide bonds. The van der Waals surface area contributed by atoms with Gasteiger partial charge >= 0.3 is 6.18 Å². The quantitative estimate of drug-likeness (QED) is 0.728. The highest BCUT2D eigenvalue weighted by Crippen LogP contribution is 2.14. The number of hydrogen-bond acceptors (Lipinski definition) is 3. The average molecular weight is 266 g/mol. The summed E-state index contributed by atoms with van der Waals surface area (Å²) in [5, 5.41) is 3.14. The molecule has 0 aliphatic carbocycles. The number of aromatic nitrogens is 1. The zero-order valence-electron chi connectivity index (χ0n) is 10.2. The van der Waals surface area contributed by atoms with Crippen molar-refractivity contribution in [3.05, 3.63) is 24.0 Å². The van der Waals surface area contributed by atoms with Crippen LogP contribution < -0.4 is 5.32 Å². The van der Waals surface area contributed by atoms with Crippen molar-refractivity contribution in [2.45, 2.75) is 19.5 Å². The molecule has 1 aromatic rings. The lowest BCUT2D eigenvalue weighted by Gasteiger charge is -2.08. The van der Waals surface area contributed by atoms with Crippen LogP contribution in [0.2, 0.25) is 0 Å². The van der Waals surface area contributed by atoms with Crippen molar-refractivity contribution in [1.29, 1.82) is 0 Å². The van der Waals surface area contributed by atoms with Crippen LogP contribution in [0.1, 0.15) is 5.56 Å². The predicted octanol–water partition coefficient (Wildman–Crippen LogP) is 1.76. The smallest absolute Gasteiger partial charge is 0.383 e. The number of ether oxygens (including phenoxy) is 2. The van der Waals surface area contributed by atoms with E-state index in [4.69, 9.17) is 4.74 Å². The van der Waals surface area contributed by atoms with E-state index in [0.29, 0.717) is 13.2 Å². The number of halogens is 3. The summed E-state index contributed by atoms with van der Waals surface area (Å²) in [5.74, 6) is 0. The van der Waals surface area contributed by atoms with E-state index in [-0.39, 0.29) is 6.73 Å². The van der Waals surface area contributed by atoms with Crippen molar-refractivity contribution >= 4 is 0 Å². The molecular formula is C11H17F3N2O2. The molecular weight excluding hydrogens is 249 g/mol. The highest BCUT2D eigenvalue weighted by atomic mass is 19.4. The molecule has 1 aromatic heterocycles. The van der Waals surface area contributed by atoms with Crippen LogP contribution in [0.4, 0.5) is 13.2 Å². The van der Waals surface area contributed by atoms with Gasteiger partial charge in [0.1, 0.15) is 13.3 Å². The SMILES string of the molecule is COCCNCc1ccn(COCC(F)(F)F)c1. The first-order chi connectivity index (χ1) is 8.51. The van der Waals surface area contributed by atoms with Crippen LogP contribution in [0.25, 0.3) is 0 Å². The maximum atomic E-state index is 11.8. The monoisotopic (exact) mass is 266 g/mol. The Balaban J connectivity index is 2.21. The summed E-state index contributed by atoms with van der Waals surface area (Å²) in [7, 11) is 1.62. The molecule has 0 unspecified atom stereocenters. The lowest BCUT2D eigenvalue weighted by Crippen LogP contribution is -2.18. The topological polar surface area (TPSA) is 35.4 Å². The van der Waals surface area contributed by atoms with Gasteiger partial charge in [0, 0.05) is 32.6 Å². The Hall–Kier alpha value is -1.05. The minimum atomic E-state index is -4.28. The van der Waals surface area contributed by atoms with E-state index in [0.717, 1.165) is 12.1 Å². The number of hydrogen-bond donors (Lipinski definition) is 1. The number of rotatable bonds is 8. The van der Waals surface area contributed by atoms with Gasteiger partial charge in [-0.2, -0.15) is 13.2 Å². The fraction of sp³-hybridized carbons (Fsp3) is 0.636. The van der Waals surface area contributed by atoms with Crippen molar-refractivity contribution in [1.82, 2.24) is 9.88 Å². The second-order valence-corrected chi connectivity index (χ2v) is 3.80. The summed E-state index contributed by atoms with van der Waals surface area (Å²) in [5.41, 5.74) is 0.988. The molecule has 1 rings (SSSR count). The van der Waals surface area contributed by atoms with E-state index in [9.17, 15) is 13.2 Å². The zero-order chi connectivity index (χ0) is 13.4. The lowest BCUT2D eigenvalue weighted by atomic mass is 10.3. The van der Waals surface area contributed by atoms with E-state index in [1.165, 1.54) is 0 Å². The fourth-order valence-corrected chi connectivity index (χ4v) is 1.35. The van der Waals surface area contributed by atoms with Crippen LogP contribution in [0.3, 0.4) is 0 Å². The molecule has 0 bridgehead atoms. The van der Waals surface area contributed by atoms with Crippen LogP contribution >= 0.6 is 0 Å². The molecule has 4 nitrogen and oxygen atoms in total. The molecule has 0 fully saturated rings. The molecule has 0 spiro atoms. The Morgan fingerprint density at radius 1 is 1.39 bits per heavy atom. The van der Waals surface area contributed by atoms with E-state index < -0.39 is 12.8 Å². The Bertz CT molecular complexity index is 339. The van der Waals surface area contributed by atoms with Crippen LogP contribution in [-0.2, 0) is 22.7 Å². The zero-order valence-corrected chi connectivity index (χ0v) is 10.2. The lowest BCUT2D eigenvalue weighted by molar-refractivity contribution is -0.181. The number of alkyl halides is 3. The van der Waals surface area contributed by atoms with E-state index in [2.05, 4.69) is 10.1 Å². The molecule has 0 aliphatic heterocycles. The highest BCUT2D eigenvalue weighted by molar-refractivity contribution is 5.09. The summed E-state index contributed by atoms with van der Waals surface area (Å²) in [4.78, 5) is 0. The van der Waals surface area contributed by atoms with E-state index in [1.807, 2.05) is 6.07 Å². The molecule has 0 aromatic carbocycles. The molecule has 0 saturated carbocycles. The van der Waals surface area contributed by atoms with E-state index in [1.54, 1.807) is 24.1 Å². The molecule has 7 heteroatoms. The Labute approximate surface area is 104 Å². The molecule has 0 saturated heterocycles. The third kappa shape index (κ3) is 6.63. The van der Waals surface area contributed by atoms with Gasteiger partial charge in [-0.15, -0.1) is 0 Å². The van der Waals surface area contributed by atoms with Crippen molar-refractivity contribution in [3.8, 4) is 0 Å². The first kappa shape index (κ1) is 15.0. The van der Waals surface area contributed by atoms with Gasteiger partial charge in [-0.05, 0) is 11.6 Å². The summed E-state index contributed by atoms with van der Waals surface area (Å²) < 4.78 is 46.5. The summed E-state index contributed by atoms with van der Waals surface area (Å²) in [6, 6.07) is 1.83. The first-order valence-electron chi connectivity index (χ1n) is 5.50. The minimum absolute atomic E-state index is 0.0996. The third-order valence-corrected chi connectivity index (χ3v) is 2.13.